The van der Waals surface area contributed by atoms with Gasteiger partial charge in [-0.05, 0) is 13.0 Å². The van der Waals surface area contributed by atoms with Crippen LogP contribution in [-0.2, 0) is 9.63 Å². The summed E-state index contributed by atoms with van der Waals surface area (Å²) in [5.41, 5.74) is 0. The number of allylic oxidation sites excluding steroid dienone is 1. The highest BCUT2D eigenvalue weighted by atomic mass is 16.6. The number of carboxylic acids is 1. The minimum Gasteiger partial charge on any atom is -0.475 e. The lowest BCUT2D eigenvalue weighted by molar-refractivity contribution is -0.136. The lowest BCUT2D eigenvalue weighted by Crippen LogP contribution is -2.00. The van der Waals surface area contributed by atoms with Crippen LogP contribution < -0.4 is 0 Å². The zero-order valence-corrected chi connectivity index (χ0v) is 5.00. The first-order chi connectivity index (χ1) is 4.22. The first kappa shape index (κ1) is 7.68. The standard InChI is InChI=1S/C5H7NO3/c1-3-4(5(7)8)9-6-2/h3H,2H2,1H3,(H,7,8)/b4-3-. The van der Waals surface area contributed by atoms with Crippen LogP contribution in [0, 0.1) is 0 Å². The number of aliphatic carboxylic acids is 1. The molecule has 0 atom stereocenters. The average molecular weight is 129 g/mol. The van der Waals surface area contributed by atoms with Crippen molar-refractivity contribution in [1.29, 1.82) is 0 Å². The van der Waals surface area contributed by atoms with Crippen molar-refractivity contribution in [2.75, 3.05) is 0 Å². The summed E-state index contributed by atoms with van der Waals surface area (Å²) in [5, 5.41) is 11.2. The van der Waals surface area contributed by atoms with E-state index in [0.29, 0.717) is 0 Å². The Hall–Kier alpha value is -1.32. The summed E-state index contributed by atoms with van der Waals surface area (Å²) in [6.45, 7) is 4.49. The summed E-state index contributed by atoms with van der Waals surface area (Å²) in [6.07, 6.45) is 1.29. The summed E-state index contributed by atoms with van der Waals surface area (Å²) in [5.74, 6) is -1.37. The molecule has 0 aromatic carbocycles. The molecule has 0 saturated carbocycles. The lowest BCUT2D eigenvalue weighted by Gasteiger charge is -1.93. The van der Waals surface area contributed by atoms with Gasteiger partial charge in [0.05, 0.1) is 0 Å². The van der Waals surface area contributed by atoms with E-state index in [1.54, 1.807) is 0 Å². The molecule has 0 rings (SSSR count). The molecular weight excluding hydrogens is 122 g/mol. The number of oxime groups is 1. The predicted molar refractivity (Wildman–Crippen MR) is 32.0 cm³/mol. The van der Waals surface area contributed by atoms with E-state index in [1.807, 2.05) is 0 Å². The van der Waals surface area contributed by atoms with Gasteiger partial charge in [-0.2, -0.15) is 0 Å². The highest BCUT2D eigenvalue weighted by molar-refractivity contribution is 5.84. The Morgan fingerprint density at radius 1 is 1.89 bits per heavy atom. The van der Waals surface area contributed by atoms with Crippen molar-refractivity contribution >= 4 is 12.7 Å². The van der Waals surface area contributed by atoms with Crippen LogP contribution >= 0.6 is 0 Å². The Morgan fingerprint density at radius 3 is 2.56 bits per heavy atom. The molecule has 50 valence electrons. The van der Waals surface area contributed by atoms with E-state index in [2.05, 4.69) is 16.7 Å². The third-order valence-electron chi connectivity index (χ3n) is 0.636. The van der Waals surface area contributed by atoms with Crippen molar-refractivity contribution in [3.05, 3.63) is 11.8 Å². The number of rotatable bonds is 3. The molecule has 0 saturated heterocycles. The number of hydrogen-bond acceptors (Lipinski definition) is 3. The van der Waals surface area contributed by atoms with Crippen molar-refractivity contribution < 1.29 is 14.7 Å². The Morgan fingerprint density at radius 2 is 2.44 bits per heavy atom. The molecule has 0 aromatic rings. The van der Waals surface area contributed by atoms with Crippen LogP contribution in [0.4, 0.5) is 0 Å². The van der Waals surface area contributed by atoms with Gasteiger partial charge in [0.2, 0.25) is 5.76 Å². The van der Waals surface area contributed by atoms with E-state index < -0.39 is 5.97 Å². The molecule has 0 radical (unpaired) electrons. The van der Waals surface area contributed by atoms with Crippen LogP contribution in [-0.4, -0.2) is 17.8 Å². The molecule has 0 aliphatic carbocycles. The Bertz CT molecular complexity index is 150. The second-order valence-corrected chi connectivity index (χ2v) is 1.18. The first-order valence-electron chi connectivity index (χ1n) is 2.25. The van der Waals surface area contributed by atoms with Crippen molar-refractivity contribution in [3.8, 4) is 0 Å². The molecule has 4 heteroatoms. The van der Waals surface area contributed by atoms with Gasteiger partial charge >= 0.3 is 5.97 Å². The van der Waals surface area contributed by atoms with Gasteiger partial charge in [0.1, 0.15) is 0 Å². The van der Waals surface area contributed by atoms with E-state index in [0.717, 1.165) is 0 Å². The molecule has 1 N–H and O–H groups in total. The second kappa shape index (κ2) is 3.65. The predicted octanol–water partition coefficient (Wildman–Crippen LogP) is 0.607. The number of carbonyl (C=O) groups is 1. The fourth-order valence-corrected chi connectivity index (χ4v) is 0.285. The number of carboxylic acid groups (broad SMARTS) is 1. The highest BCUT2D eigenvalue weighted by Gasteiger charge is 2.04. The molecule has 0 aliphatic rings. The Balaban J connectivity index is 4.00. The zero-order chi connectivity index (χ0) is 7.28. The molecule has 0 amide bonds. The van der Waals surface area contributed by atoms with Gasteiger partial charge in [-0.3, -0.25) is 0 Å². The quantitative estimate of drug-likeness (QED) is 0.263. The van der Waals surface area contributed by atoms with Crippen LogP contribution in [0.1, 0.15) is 6.92 Å². The molecule has 0 bridgehead atoms. The Labute approximate surface area is 52.4 Å². The molecule has 0 heterocycles. The summed E-state index contributed by atoms with van der Waals surface area (Å²) < 4.78 is 0. The summed E-state index contributed by atoms with van der Waals surface area (Å²) in [7, 11) is 0. The van der Waals surface area contributed by atoms with Gasteiger partial charge in [-0.1, -0.05) is 5.16 Å². The molecule has 9 heavy (non-hydrogen) atoms. The van der Waals surface area contributed by atoms with E-state index >= 15 is 0 Å². The van der Waals surface area contributed by atoms with Gasteiger partial charge in [0, 0.05) is 6.72 Å². The van der Waals surface area contributed by atoms with Crippen molar-refractivity contribution in [2.24, 2.45) is 5.16 Å². The highest BCUT2D eigenvalue weighted by Crippen LogP contribution is 1.95. The molecule has 0 spiro atoms. The molecule has 0 aliphatic heterocycles. The zero-order valence-electron chi connectivity index (χ0n) is 5.00. The number of nitrogens with zero attached hydrogens (tertiary/aromatic N) is 1. The summed E-state index contributed by atoms with van der Waals surface area (Å²) in [4.78, 5) is 14.3. The minimum atomic E-state index is -1.15. The van der Waals surface area contributed by atoms with Gasteiger partial charge in [0.15, 0.2) is 0 Å². The van der Waals surface area contributed by atoms with Crippen molar-refractivity contribution in [3.63, 3.8) is 0 Å². The second-order valence-electron chi connectivity index (χ2n) is 1.18. The van der Waals surface area contributed by atoms with E-state index in [4.69, 9.17) is 5.11 Å². The fourth-order valence-electron chi connectivity index (χ4n) is 0.285. The SMILES string of the molecule is C=NO/C(=C\C)C(=O)O. The van der Waals surface area contributed by atoms with Crippen LogP contribution in [0.2, 0.25) is 0 Å². The lowest BCUT2D eigenvalue weighted by atomic mass is 10.5. The molecular formula is C5H7NO3. The smallest absolute Gasteiger partial charge is 0.374 e. The maximum absolute atomic E-state index is 10.0. The first-order valence-corrected chi connectivity index (χ1v) is 2.25. The summed E-state index contributed by atoms with van der Waals surface area (Å²) >= 11 is 0. The minimum absolute atomic E-state index is 0.218. The summed E-state index contributed by atoms with van der Waals surface area (Å²) in [6, 6.07) is 0. The Kier molecular flexibility index (Phi) is 3.12. The molecule has 0 unspecified atom stereocenters. The van der Waals surface area contributed by atoms with Crippen molar-refractivity contribution in [1.82, 2.24) is 0 Å². The third-order valence-corrected chi connectivity index (χ3v) is 0.636. The number of hydrogen-bond donors (Lipinski definition) is 1. The molecule has 0 fully saturated rings. The van der Waals surface area contributed by atoms with Crippen LogP contribution in [0.5, 0.6) is 0 Å². The monoisotopic (exact) mass is 129 g/mol. The largest absolute Gasteiger partial charge is 0.475 e. The maximum Gasteiger partial charge on any atom is 0.374 e. The van der Waals surface area contributed by atoms with Crippen LogP contribution in [0.25, 0.3) is 0 Å². The maximum atomic E-state index is 10.0. The normalized spacial score (nSPS) is 10.6. The molecule has 4 nitrogen and oxygen atoms in total. The van der Waals surface area contributed by atoms with E-state index in [-0.39, 0.29) is 5.76 Å². The van der Waals surface area contributed by atoms with Crippen LogP contribution in [0.3, 0.4) is 0 Å². The van der Waals surface area contributed by atoms with E-state index in [1.165, 1.54) is 13.0 Å². The topological polar surface area (TPSA) is 58.9 Å². The van der Waals surface area contributed by atoms with E-state index in [9.17, 15) is 4.79 Å². The van der Waals surface area contributed by atoms with Gasteiger partial charge < -0.3 is 9.94 Å². The van der Waals surface area contributed by atoms with Crippen molar-refractivity contribution in [2.45, 2.75) is 6.92 Å². The van der Waals surface area contributed by atoms with Crippen LogP contribution in [0.15, 0.2) is 17.0 Å². The average Bonchev–Trinajstić information content (AvgIpc) is 1.82. The van der Waals surface area contributed by atoms with Gasteiger partial charge in [0.25, 0.3) is 0 Å². The third kappa shape index (κ3) is 2.48. The fraction of sp³-hybridized carbons (Fsp3) is 0.200. The van der Waals surface area contributed by atoms with Gasteiger partial charge in [-0.25, -0.2) is 4.79 Å². The van der Waals surface area contributed by atoms with Gasteiger partial charge in [-0.15, -0.1) is 0 Å². The molecule has 0 aromatic heterocycles.